The third-order valence-electron chi connectivity index (χ3n) is 2.65. The molecule has 116 valence electrons. The molecule has 2 N–H and O–H groups in total. The molecule has 0 saturated heterocycles. The number of alkyl carbamates (subject to hydrolysis) is 1. The first kappa shape index (κ1) is 17.6. The zero-order chi connectivity index (χ0) is 16.4. The molecule has 1 rings (SSSR count). The summed E-state index contributed by atoms with van der Waals surface area (Å²) >= 11 is 11.9. The van der Waals surface area contributed by atoms with E-state index < -0.39 is 23.2 Å². The molecule has 0 heterocycles. The number of aliphatic carboxylic acids is 1. The molecule has 1 atom stereocenters. The summed E-state index contributed by atoms with van der Waals surface area (Å²) in [7, 11) is 0. The first-order valence-electron chi connectivity index (χ1n) is 6.16. The largest absolute Gasteiger partial charge is 0.479 e. The van der Waals surface area contributed by atoms with Gasteiger partial charge in [-0.1, -0.05) is 23.2 Å². The third-order valence-corrected chi connectivity index (χ3v) is 3.21. The topological polar surface area (TPSA) is 75.6 Å². The predicted molar refractivity (Wildman–Crippen MR) is 80.8 cm³/mol. The fourth-order valence-corrected chi connectivity index (χ4v) is 2.10. The van der Waals surface area contributed by atoms with Crippen molar-refractivity contribution < 1.29 is 19.4 Å². The van der Waals surface area contributed by atoms with E-state index in [9.17, 15) is 14.7 Å². The van der Waals surface area contributed by atoms with Crippen molar-refractivity contribution in [3.63, 3.8) is 0 Å². The van der Waals surface area contributed by atoms with Gasteiger partial charge in [0, 0.05) is 15.6 Å². The van der Waals surface area contributed by atoms with Gasteiger partial charge in [0.05, 0.1) is 0 Å². The van der Waals surface area contributed by atoms with E-state index >= 15 is 0 Å². The van der Waals surface area contributed by atoms with Crippen LogP contribution in [0.25, 0.3) is 0 Å². The number of hydrogen-bond donors (Lipinski definition) is 2. The van der Waals surface area contributed by atoms with E-state index in [2.05, 4.69) is 5.32 Å². The van der Waals surface area contributed by atoms with Crippen molar-refractivity contribution in [3.05, 3.63) is 33.8 Å². The van der Waals surface area contributed by atoms with Crippen molar-refractivity contribution >= 4 is 35.3 Å². The zero-order valence-corrected chi connectivity index (χ0v) is 13.7. The standard InChI is InChI=1S/C14H17Cl2NO4/c1-13(2,3)21-12(20)17-14(4,11(18)19)9-7-8(15)5-6-10(9)16/h5-7H,1-4H3,(H,17,20)(H,18,19). The number of ether oxygens (including phenoxy) is 1. The molecule has 0 aliphatic carbocycles. The molecule has 21 heavy (non-hydrogen) atoms. The fraction of sp³-hybridized carbons (Fsp3) is 0.429. The Balaban J connectivity index is 3.18. The molecule has 0 aliphatic rings. The number of carbonyl (C=O) groups excluding carboxylic acids is 1. The van der Waals surface area contributed by atoms with Gasteiger partial charge >= 0.3 is 12.1 Å². The van der Waals surface area contributed by atoms with Crippen molar-refractivity contribution in [2.24, 2.45) is 0 Å². The monoisotopic (exact) mass is 333 g/mol. The minimum absolute atomic E-state index is 0.176. The van der Waals surface area contributed by atoms with Gasteiger partial charge in [0.25, 0.3) is 0 Å². The second-order valence-electron chi connectivity index (χ2n) is 5.68. The maximum Gasteiger partial charge on any atom is 0.408 e. The second kappa shape index (κ2) is 6.12. The molecular weight excluding hydrogens is 317 g/mol. The quantitative estimate of drug-likeness (QED) is 0.881. The lowest BCUT2D eigenvalue weighted by atomic mass is 9.92. The highest BCUT2D eigenvalue weighted by molar-refractivity contribution is 6.34. The SMILES string of the molecule is CC(C)(C)OC(=O)NC(C)(C(=O)O)c1cc(Cl)ccc1Cl. The molecule has 0 aliphatic heterocycles. The Kier molecular flexibility index (Phi) is 5.12. The Hall–Kier alpha value is -1.46. The van der Waals surface area contributed by atoms with Crippen LogP contribution < -0.4 is 5.32 Å². The van der Waals surface area contributed by atoms with Crippen molar-refractivity contribution in [1.82, 2.24) is 5.32 Å². The molecule has 1 aromatic rings. The van der Waals surface area contributed by atoms with Gasteiger partial charge in [0.1, 0.15) is 5.60 Å². The Bertz CT molecular complexity index is 569. The number of carbonyl (C=O) groups is 2. The van der Waals surface area contributed by atoms with Gasteiger partial charge in [-0.25, -0.2) is 9.59 Å². The van der Waals surface area contributed by atoms with Gasteiger partial charge in [-0.2, -0.15) is 0 Å². The van der Waals surface area contributed by atoms with E-state index in [1.165, 1.54) is 25.1 Å². The van der Waals surface area contributed by atoms with E-state index in [0.717, 1.165) is 0 Å². The number of benzene rings is 1. The maximum atomic E-state index is 11.9. The average molecular weight is 334 g/mol. The van der Waals surface area contributed by atoms with Crippen molar-refractivity contribution in [2.45, 2.75) is 38.8 Å². The maximum absolute atomic E-state index is 11.9. The Morgan fingerprint density at radius 2 is 1.76 bits per heavy atom. The highest BCUT2D eigenvalue weighted by Gasteiger charge is 2.40. The van der Waals surface area contributed by atoms with Gasteiger partial charge in [0.15, 0.2) is 5.54 Å². The molecule has 1 amide bonds. The highest BCUT2D eigenvalue weighted by Crippen LogP contribution is 2.31. The normalized spacial score (nSPS) is 14.2. The number of rotatable bonds is 3. The summed E-state index contributed by atoms with van der Waals surface area (Å²) < 4.78 is 5.09. The van der Waals surface area contributed by atoms with Crippen LogP contribution in [0.1, 0.15) is 33.3 Å². The van der Waals surface area contributed by atoms with E-state index in [4.69, 9.17) is 27.9 Å². The van der Waals surface area contributed by atoms with Gasteiger partial charge < -0.3 is 15.2 Å². The highest BCUT2D eigenvalue weighted by atomic mass is 35.5. The van der Waals surface area contributed by atoms with Crippen LogP contribution in [0.5, 0.6) is 0 Å². The van der Waals surface area contributed by atoms with Crippen molar-refractivity contribution in [2.75, 3.05) is 0 Å². The molecule has 0 bridgehead atoms. The van der Waals surface area contributed by atoms with Crippen LogP contribution in [-0.2, 0) is 15.1 Å². The lowest BCUT2D eigenvalue weighted by Gasteiger charge is -2.29. The first-order chi connectivity index (χ1) is 9.45. The lowest BCUT2D eigenvalue weighted by Crippen LogP contribution is -2.51. The summed E-state index contributed by atoms with van der Waals surface area (Å²) in [5.41, 5.74) is -2.33. The predicted octanol–water partition coefficient (Wildman–Crippen LogP) is 3.82. The van der Waals surface area contributed by atoms with E-state index in [-0.39, 0.29) is 10.6 Å². The van der Waals surface area contributed by atoms with E-state index in [1.807, 2.05) is 0 Å². The van der Waals surface area contributed by atoms with Gasteiger partial charge in [-0.05, 0) is 45.9 Å². The molecule has 7 heteroatoms. The minimum Gasteiger partial charge on any atom is -0.479 e. The first-order valence-corrected chi connectivity index (χ1v) is 6.91. The van der Waals surface area contributed by atoms with E-state index in [1.54, 1.807) is 20.8 Å². The van der Waals surface area contributed by atoms with Crippen LogP contribution in [0.2, 0.25) is 10.0 Å². The van der Waals surface area contributed by atoms with Crippen LogP contribution >= 0.6 is 23.2 Å². The van der Waals surface area contributed by atoms with Crippen LogP contribution in [0.4, 0.5) is 4.79 Å². The summed E-state index contributed by atoms with van der Waals surface area (Å²) in [5.74, 6) is -1.28. The number of hydrogen-bond acceptors (Lipinski definition) is 3. The zero-order valence-electron chi connectivity index (χ0n) is 12.2. The molecule has 5 nitrogen and oxygen atoms in total. The van der Waals surface area contributed by atoms with Gasteiger partial charge in [0.2, 0.25) is 0 Å². The molecular formula is C14H17Cl2NO4. The van der Waals surface area contributed by atoms with Crippen molar-refractivity contribution in [3.8, 4) is 0 Å². The van der Waals surface area contributed by atoms with Gasteiger partial charge in [-0.3, -0.25) is 0 Å². The van der Waals surface area contributed by atoms with Crippen LogP contribution in [-0.4, -0.2) is 22.8 Å². The molecule has 0 spiro atoms. The Morgan fingerprint density at radius 1 is 1.19 bits per heavy atom. The molecule has 0 fully saturated rings. The molecule has 0 saturated carbocycles. The summed E-state index contributed by atoms with van der Waals surface area (Å²) in [6, 6.07) is 4.40. The van der Waals surface area contributed by atoms with Crippen molar-refractivity contribution in [1.29, 1.82) is 0 Å². The van der Waals surface area contributed by atoms with E-state index in [0.29, 0.717) is 5.02 Å². The fourth-order valence-electron chi connectivity index (χ4n) is 1.62. The number of carboxylic acids is 1. The summed E-state index contributed by atoms with van der Waals surface area (Å²) in [5, 5.41) is 12.3. The number of nitrogens with one attached hydrogen (secondary N) is 1. The second-order valence-corrected chi connectivity index (χ2v) is 6.52. The van der Waals surface area contributed by atoms with Crippen LogP contribution in [0, 0.1) is 0 Å². The average Bonchev–Trinajstić information content (AvgIpc) is 2.29. The Labute approximate surface area is 133 Å². The lowest BCUT2D eigenvalue weighted by molar-refractivity contribution is -0.144. The summed E-state index contributed by atoms with van der Waals surface area (Å²) in [4.78, 5) is 23.5. The van der Waals surface area contributed by atoms with Gasteiger partial charge in [-0.15, -0.1) is 0 Å². The minimum atomic E-state index is -1.76. The number of amides is 1. The molecule has 1 unspecified atom stereocenters. The molecule has 0 radical (unpaired) electrons. The number of carboxylic acid groups (broad SMARTS) is 1. The molecule has 1 aromatic carbocycles. The summed E-state index contributed by atoms with van der Waals surface area (Å²) in [6.45, 7) is 6.35. The smallest absolute Gasteiger partial charge is 0.408 e. The Morgan fingerprint density at radius 3 is 2.24 bits per heavy atom. The van der Waals surface area contributed by atoms with Crippen LogP contribution in [0.15, 0.2) is 18.2 Å². The third kappa shape index (κ3) is 4.51. The van der Waals surface area contributed by atoms with Crippen LogP contribution in [0.3, 0.4) is 0 Å². The summed E-state index contributed by atoms with van der Waals surface area (Å²) in [6.07, 6.45) is -0.858. The molecule has 0 aromatic heterocycles. The number of halogens is 2.